The third-order valence-corrected chi connectivity index (χ3v) is 3.11. The number of carbonyl (C=O) groups is 1. The highest BCUT2D eigenvalue weighted by atomic mass is 79.9. The molecule has 0 fully saturated rings. The molecule has 2 rings (SSSR count). The molecule has 4 nitrogen and oxygen atoms in total. The summed E-state index contributed by atoms with van der Waals surface area (Å²) in [4.78, 5) is 19.9. The minimum Gasteiger partial charge on any atom is -0.326 e. The van der Waals surface area contributed by atoms with E-state index in [1.54, 1.807) is 0 Å². The van der Waals surface area contributed by atoms with Gasteiger partial charge in [0.2, 0.25) is 5.91 Å². The van der Waals surface area contributed by atoms with Crippen molar-refractivity contribution >= 4 is 38.4 Å². The maximum Gasteiger partial charge on any atom is 0.221 e. The molecule has 0 aliphatic heterocycles. The Morgan fingerprint density at radius 2 is 2.06 bits per heavy atom. The maximum absolute atomic E-state index is 11.0. The zero-order valence-corrected chi connectivity index (χ0v) is 12.1. The van der Waals surface area contributed by atoms with E-state index in [1.807, 2.05) is 18.2 Å². The number of rotatable bonds is 2. The Kier molecular flexibility index (Phi) is 3.61. The van der Waals surface area contributed by atoms with Crippen LogP contribution in [0.1, 0.15) is 32.5 Å². The zero-order valence-electron chi connectivity index (χ0n) is 10.5. The van der Waals surface area contributed by atoms with Crippen molar-refractivity contribution in [2.24, 2.45) is 0 Å². The van der Waals surface area contributed by atoms with Gasteiger partial charge < -0.3 is 5.32 Å². The SMILES string of the molecule is CC(=O)Nc1ccc2nc(C(C)C)nc(Br)c2c1. The fourth-order valence-electron chi connectivity index (χ4n) is 1.65. The molecule has 1 N–H and O–H groups in total. The normalized spacial score (nSPS) is 10.9. The van der Waals surface area contributed by atoms with Crippen molar-refractivity contribution in [1.82, 2.24) is 9.97 Å². The summed E-state index contributed by atoms with van der Waals surface area (Å²) < 4.78 is 0.753. The first-order valence-corrected chi connectivity index (χ1v) is 6.51. The highest BCUT2D eigenvalue weighted by molar-refractivity contribution is 9.10. The second-order valence-corrected chi connectivity index (χ2v) is 5.19. The van der Waals surface area contributed by atoms with E-state index >= 15 is 0 Å². The highest BCUT2D eigenvalue weighted by Gasteiger charge is 2.09. The smallest absolute Gasteiger partial charge is 0.221 e. The van der Waals surface area contributed by atoms with E-state index in [1.165, 1.54) is 6.92 Å². The van der Waals surface area contributed by atoms with Gasteiger partial charge in [-0.1, -0.05) is 13.8 Å². The van der Waals surface area contributed by atoms with Gasteiger partial charge >= 0.3 is 0 Å². The van der Waals surface area contributed by atoms with Crippen LogP contribution in [0.4, 0.5) is 5.69 Å². The van der Waals surface area contributed by atoms with Crippen LogP contribution in [0.5, 0.6) is 0 Å². The molecular formula is C13H14BrN3O. The lowest BCUT2D eigenvalue weighted by Gasteiger charge is -2.08. The zero-order chi connectivity index (χ0) is 13.3. The summed E-state index contributed by atoms with van der Waals surface area (Å²) in [6, 6.07) is 5.59. The van der Waals surface area contributed by atoms with Gasteiger partial charge in [-0.3, -0.25) is 4.79 Å². The van der Waals surface area contributed by atoms with Crippen molar-refractivity contribution in [2.75, 3.05) is 5.32 Å². The Labute approximate surface area is 114 Å². The number of anilines is 1. The lowest BCUT2D eigenvalue weighted by Crippen LogP contribution is -2.06. The summed E-state index contributed by atoms with van der Waals surface area (Å²) in [5, 5.41) is 3.64. The number of aromatic nitrogens is 2. The first-order valence-electron chi connectivity index (χ1n) is 5.72. The molecule has 0 spiro atoms. The Bertz CT molecular complexity index is 610. The van der Waals surface area contributed by atoms with Crippen LogP contribution in [0.2, 0.25) is 0 Å². The largest absolute Gasteiger partial charge is 0.326 e. The molecule has 18 heavy (non-hydrogen) atoms. The first-order chi connectivity index (χ1) is 8.47. The molecule has 2 aromatic rings. The number of nitrogens with zero attached hydrogens (tertiary/aromatic N) is 2. The molecule has 0 aliphatic rings. The third-order valence-electron chi connectivity index (χ3n) is 2.50. The fourth-order valence-corrected chi connectivity index (χ4v) is 2.15. The summed E-state index contributed by atoms with van der Waals surface area (Å²) in [6.07, 6.45) is 0. The summed E-state index contributed by atoms with van der Waals surface area (Å²) in [5.74, 6) is 0.993. The van der Waals surface area contributed by atoms with Gasteiger partial charge in [0, 0.05) is 23.9 Å². The average Bonchev–Trinajstić information content (AvgIpc) is 2.28. The van der Waals surface area contributed by atoms with E-state index in [4.69, 9.17) is 0 Å². The number of benzene rings is 1. The van der Waals surface area contributed by atoms with Crippen molar-refractivity contribution < 1.29 is 4.79 Å². The minimum absolute atomic E-state index is 0.0924. The molecule has 94 valence electrons. The summed E-state index contributed by atoms with van der Waals surface area (Å²) in [7, 11) is 0. The van der Waals surface area contributed by atoms with Crippen molar-refractivity contribution in [2.45, 2.75) is 26.7 Å². The van der Waals surface area contributed by atoms with Crippen LogP contribution in [0.25, 0.3) is 10.9 Å². The summed E-state index contributed by atoms with van der Waals surface area (Å²) in [6.45, 7) is 5.59. The second-order valence-electron chi connectivity index (χ2n) is 4.44. The number of carbonyl (C=O) groups excluding carboxylic acids is 1. The van der Waals surface area contributed by atoms with Gasteiger partial charge in [-0.2, -0.15) is 0 Å². The predicted molar refractivity (Wildman–Crippen MR) is 75.6 cm³/mol. The standard InChI is InChI=1S/C13H14BrN3O/c1-7(2)13-16-11-5-4-9(15-8(3)18)6-10(11)12(14)17-13/h4-7H,1-3H3,(H,15,18). The van der Waals surface area contributed by atoms with Crippen molar-refractivity contribution in [1.29, 1.82) is 0 Å². The van der Waals surface area contributed by atoms with E-state index in [-0.39, 0.29) is 11.8 Å². The molecule has 0 atom stereocenters. The van der Waals surface area contributed by atoms with Crippen LogP contribution in [0, 0.1) is 0 Å². The van der Waals surface area contributed by atoms with Gasteiger partial charge in [0.1, 0.15) is 10.4 Å². The number of hydrogen-bond donors (Lipinski definition) is 1. The van der Waals surface area contributed by atoms with Crippen molar-refractivity contribution in [3.63, 3.8) is 0 Å². The van der Waals surface area contributed by atoms with Crippen molar-refractivity contribution in [3.8, 4) is 0 Å². The molecule has 0 bridgehead atoms. The van der Waals surface area contributed by atoms with E-state index in [2.05, 4.69) is 45.1 Å². The van der Waals surface area contributed by atoms with Crippen LogP contribution in [-0.2, 0) is 4.79 Å². The van der Waals surface area contributed by atoms with Gasteiger partial charge in [0.15, 0.2) is 0 Å². The third kappa shape index (κ3) is 2.67. The van der Waals surface area contributed by atoms with E-state index < -0.39 is 0 Å². The number of fused-ring (bicyclic) bond motifs is 1. The highest BCUT2D eigenvalue weighted by Crippen LogP contribution is 2.26. The van der Waals surface area contributed by atoms with E-state index in [0.29, 0.717) is 0 Å². The van der Waals surface area contributed by atoms with Crippen LogP contribution in [0.15, 0.2) is 22.8 Å². The molecule has 1 aromatic heterocycles. The van der Waals surface area contributed by atoms with Crippen molar-refractivity contribution in [3.05, 3.63) is 28.6 Å². The molecule has 1 amide bonds. The van der Waals surface area contributed by atoms with Crippen LogP contribution in [-0.4, -0.2) is 15.9 Å². The molecule has 5 heteroatoms. The van der Waals surface area contributed by atoms with Gasteiger partial charge in [-0.05, 0) is 34.1 Å². The van der Waals surface area contributed by atoms with Gasteiger partial charge in [0.05, 0.1) is 5.52 Å². The minimum atomic E-state index is -0.0924. The molecule has 0 radical (unpaired) electrons. The first kappa shape index (κ1) is 13.0. The van der Waals surface area contributed by atoms with Crippen LogP contribution >= 0.6 is 15.9 Å². The van der Waals surface area contributed by atoms with Gasteiger partial charge in [-0.15, -0.1) is 0 Å². The lowest BCUT2D eigenvalue weighted by atomic mass is 10.2. The number of amides is 1. The Morgan fingerprint density at radius 3 is 2.67 bits per heavy atom. The molecule has 0 unspecified atom stereocenters. The monoisotopic (exact) mass is 307 g/mol. The maximum atomic E-state index is 11.0. The fraction of sp³-hybridized carbons (Fsp3) is 0.308. The molecule has 1 heterocycles. The van der Waals surface area contributed by atoms with Gasteiger partial charge in [-0.25, -0.2) is 9.97 Å². The molecule has 0 aliphatic carbocycles. The van der Waals surface area contributed by atoms with Gasteiger partial charge in [0.25, 0.3) is 0 Å². The topological polar surface area (TPSA) is 54.9 Å². The van der Waals surface area contributed by atoms with Crippen LogP contribution in [0.3, 0.4) is 0 Å². The van der Waals surface area contributed by atoms with Crippen LogP contribution < -0.4 is 5.32 Å². The quantitative estimate of drug-likeness (QED) is 0.864. The molecule has 1 aromatic carbocycles. The average molecular weight is 308 g/mol. The second kappa shape index (κ2) is 5.02. The number of halogens is 1. The summed E-state index contributed by atoms with van der Waals surface area (Å²) in [5.41, 5.74) is 1.62. The Hall–Kier alpha value is -1.49. The lowest BCUT2D eigenvalue weighted by molar-refractivity contribution is -0.114. The number of nitrogens with one attached hydrogen (secondary N) is 1. The number of hydrogen-bond acceptors (Lipinski definition) is 3. The van der Waals surface area contributed by atoms with E-state index in [9.17, 15) is 4.79 Å². The predicted octanol–water partition coefficient (Wildman–Crippen LogP) is 3.47. The summed E-state index contributed by atoms with van der Waals surface area (Å²) >= 11 is 3.45. The molecular weight excluding hydrogens is 294 g/mol. The Morgan fingerprint density at radius 1 is 1.33 bits per heavy atom. The molecule has 0 saturated heterocycles. The van der Waals surface area contributed by atoms with E-state index in [0.717, 1.165) is 27.0 Å². The Balaban J connectivity index is 2.54. The molecule has 0 saturated carbocycles.